The predicted octanol–water partition coefficient (Wildman–Crippen LogP) is 0.627. The normalized spacial score (nSPS) is 17.3. The Bertz CT molecular complexity index is 588. The number of aryl methyl sites for hydroxylation is 1. The van der Waals surface area contributed by atoms with Gasteiger partial charge in [-0.05, 0) is 6.42 Å². The molecule has 0 saturated carbocycles. The molecule has 0 bridgehead atoms. The summed E-state index contributed by atoms with van der Waals surface area (Å²) in [5, 5.41) is 8.33. The van der Waals surface area contributed by atoms with Gasteiger partial charge in [-0.15, -0.1) is 0 Å². The molecule has 1 aliphatic rings. The summed E-state index contributed by atoms with van der Waals surface area (Å²) in [6.45, 7) is 4.34. The first-order valence-electron chi connectivity index (χ1n) is 6.94. The molecule has 0 aliphatic carbocycles. The van der Waals surface area contributed by atoms with E-state index < -0.39 is 0 Å². The Hall–Kier alpha value is -1.73. The maximum atomic E-state index is 5.48. The fourth-order valence-corrected chi connectivity index (χ4v) is 2.48. The number of ether oxygens (including phenoxy) is 1. The second-order valence-corrected chi connectivity index (χ2v) is 4.99. The van der Waals surface area contributed by atoms with Crippen molar-refractivity contribution in [2.75, 3.05) is 38.7 Å². The van der Waals surface area contributed by atoms with Crippen LogP contribution in [0.3, 0.4) is 0 Å². The number of fused-ring (bicyclic) bond motifs is 1. The second-order valence-electron chi connectivity index (χ2n) is 4.99. The molecule has 2 aromatic rings. The largest absolute Gasteiger partial charge is 0.380 e. The van der Waals surface area contributed by atoms with Crippen molar-refractivity contribution in [1.29, 1.82) is 0 Å². The molecule has 1 saturated heterocycles. The number of hydrogen-bond acceptors (Lipinski definition) is 6. The van der Waals surface area contributed by atoms with Crippen LogP contribution in [-0.2, 0) is 18.3 Å². The topological polar surface area (TPSA) is 68.1 Å². The highest BCUT2D eigenvalue weighted by Crippen LogP contribution is 2.19. The van der Waals surface area contributed by atoms with E-state index in [2.05, 4.69) is 25.3 Å². The first kappa shape index (κ1) is 13.3. The van der Waals surface area contributed by atoms with Crippen LogP contribution in [0.1, 0.15) is 12.2 Å². The predicted molar refractivity (Wildman–Crippen MR) is 76.6 cm³/mol. The first-order chi connectivity index (χ1) is 9.78. The van der Waals surface area contributed by atoms with Gasteiger partial charge in [0, 0.05) is 33.8 Å². The van der Waals surface area contributed by atoms with Crippen molar-refractivity contribution in [3.8, 4) is 0 Å². The molecule has 108 valence electrons. The second kappa shape index (κ2) is 5.72. The molecule has 0 aromatic carbocycles. The fraction of sp³-hybridized carbons (Fsp3) is 0.615. The van der Waals surface area contributed by atoms with Crippen LogP contribution < -0.4 is 5.32 Å². The van der Waals surface area contributed by atoms with Crippen LogP contribution in [0.4, 0.5) is 5.82 Å². The first-order valence-corrected chi connectivity index (χ1v) is 6.94. The van der Waals surface area contributed by atoms with Gasteiger partial charge in [-0.25, -0.2) is 9.97 Å². The van der Waals surface area contributed by atoms with Crippen LogP contribution >= 0.6 is 0 Å². The van der Waals surface area contributed by atoms with Gasteiger partial charge >= 0.3 is 0 Å². The molecule has 1 N–H and O–H groups in total. The highest BCUT2D eigenvalue weighted by atomic mass is 16.5. The molecule has 0 spiro atoms. The van der Waals surface area contributed by atoms with E-state index in [1.54, 1.807) is 10.9 Å². The van der Waals surface area contributed by atoms with E-state index in [-0.39, 0.29) is 0 Å². The number of nitrogens with one attached hydrogen (secondary N) is 1. The lowest BCUT2D eigenvalue weighted by Gasteiger charge is -2.18. The van der Waals surface area contributed by atoms with Crippen LogP contribution in [0, 0.1) is 0 Å². The molecule has 3 rings (SSSR count). The molecule has 2 aromatic heterocycles. The van der Waals surface area contributed by atoms with Crippen LogP contribution in [-0.4, -0.2) is 58.0 Å². The van der Waals surface area contributed by atoms with Crippen molar-refractivity contribution in [3.63, 3.8) is 0 Å². The zero-order chi connectivity index (χ0) is 13.9. The minimum absolute atomic E-state index is 0.749. The number of rotatable bonds is 3. The van der Waals surface area contributed by atoms with Gasteiger partial charge in [-0.1, -0.05) is 0 Å². The minimum Gasteiger partial charge on any atom is -0.380 e. The molecule has 0 unspecified atom stereocenters. The van der Waals surface area contributed by atoms with Gasteiger partial charge < -0.3 is 10.1 Å². The lowest BCUT2D eigenvalue weighted by molar-refractivity contribution is 0.140. The van der Waals surface area contributed by atoms with Crippen molar-refractivity contribution >= 4 is 16.9 Å². The molecule has 1 fully saturated rings. The Morgan fingerprint density at radius 1 is 1.30 bits per heavy atom. The van der Waals surface area contributed by atoms with Crippen LogP contribution in [0.25, 0.3) is 11.0 Å². The molecule has 7 nitrogen and oxygen atoms in total. The molecule has 1 aliphatic heterocycles. The summed E-state index contributed by atoms with van der Waals surface area (Å²) in [6, 6.07) is 0. The SMILES string of the molecule is CNc1nc(CN2CCCOCC2)nc2c1cnn2C. The Labute approximate surface area is 117 Å². The monoisotopic (exact) mass is 276 g/mol. The van der Waals surface area contributed by atoms with E-state index in [0.717, 1.165) is 61.9 Å². The summed E-state index contributed by atoms with van der Waals surface area (Å²) >= 11 is 0. The van der Waals surface area contributed by atoms with Crippen molar-refractivity contribution < 1.29 is 4.74 Å². The van der Waals surface area contributed by atoms with E-state index in [0.29, 0.717) is 0 Å². The molecular weight excluding hydrogens is 256 g/mol. The van der Waals surface area contributed by atoms with Crippen molar-refractivity contribution in [2.24, 2.45) is 7.05 Å². The fourth-order valence-electron chi connectivity index (χ4n) is 2.48. The Kier molecular flexibility index (Phi) is 3.79. The van der Waals surface area contributed by atoms with E-state index in [9.17, 15) is 0 Å². The minimum atomic E-state index is 0.749. The molecule has 0 atom stereocenters. The lowest BCUT2D eigenvalue weighted by atomic mass is 10.3. The summed E-state index contributed by atoms with van der Waals surface area (Å²) in [4.78, 5) is 11.6. The van der Waals surface area contributed by atoms with Gasteiger partial charge in [0.25, 0.3) is 0 Å². The average molecular weight is 276 g/mol. The standard InChI is InChI=1S/C13H20N6O/c1-14-12-10-8-15-18(2)13(10)17-11(16-12)9-19-4-3-6-20-7-5-19/h8H,3-7,9H2,1-2H3,(H,14,16,17). The van der Waals surface area contributed by atoms with E-state index in [1.165, 1.54) is 0 Å². The smallest absolute Gasteiger partial charge is 0.163 e. The lowest BCUT2D eigenvalue weighted by Crippen LogP contribution is -2.27. The van der Waals surface area contributed by atoms with Crippen molar-refractivity contribution in [2.45, 2.75) is 13.0 Å². The zero-order valence-electron chi connectivity index (χ0n) is 12.0. The maximum absolute atomic E-state index is 5.48. The van der Waals surface area contributed by atoms with Crippen LogP contribution in [0.15, 0.2) is 6.20 Å². The summed E-state index contributed by atoms with van der Waals surface area (Å²) in [7, 11) is 3.77. The summed E-state index contributed by atoms with van der Waals surface area (Å²) in [5.41, 5.74) is 0.866. The number of nitrogens with zero attached hydrogens (tertiary/aromatic N) is 5. The average Bonchev–Trinajstić information content (AvgIpc) is 2.67. The number of aromatic nitrogens is 4. The van der Waals surface area contributed by atoms with Gasteiger partial charge in [0.05, 0.1) is 24.7 Å². The molecular formula is C13H20N6O. The van der Waals surface area contributed by atoms with Gasteiger partial charge in [0.15, 0.2) is 5.65 Å². The maximum Gasteiger partial charge on any atom is 0.163 e. The molecule has 7 heteroatoms. The van der Waals surface area contributed by atoms with Gasteiger partial charge in [-0.3, -0.25) is 9.58 Å². The Morgan fingerprint density at radius 3 is 3.05 bits per heavy atom. The van der Waals surface area contributed by atoms with E-state index >= 15 is 0 Å². The molecule has 3 heterocycles. The van der Waals surface area contributed by atoms with E-state index in [1.807, 2.05) is 14.1 Å². The van der Waals surface area contributed by atoms with Gasteiger partial charge in [0.1, 0.15) is 11.6 Å². The number of anilines is 1. The third kappa shape index (κ3) is 2.59. The highest BCUT2D eigenvalue weighted by Gasteiger charge is 2.14. The zero-order valence-corrected chi connectivity index (χ0v) is 12.0. The Balaban J connectivity index is 1.88. The highest BCUT2D eigenvalue weighted by molar-refractivity contribution is 5.86. The van der Waals surface area contributed by atoms with Crippen LogP contribution in [0.2, 0.25) is 0 Å². The number of hydrogen-bond donors (Lipinski definition) is 1. The molecule has 0 amide bonds. The van der Waals surface area contributed by atoms with Crippen LogP contribution in [0.5, 0.6) is 0 Å². The summed E-state index contributed by atoms with van der Waals surface area (Å²) < 4.78 is 7.26. The summed E-state index contributed by atoms with van der Waals surface area (Å²) in [6.07, 6.45) is 2.86. The van der Waals surface area contributed by atoms with Gasteiger partial charge in [0.2, 0.25) is 0 Å². The molecule has 20 heavy (non-hydrogen) atoms. The molecule has 0 radical (unpaired) electrons. The van der Waals surface area contributed by atoms with Crippen molar-refractivity contribution in [3.05, 3.63) is 12.0 Å². The van der Waals surface area contributed by atoms with E-state index in [4.69, 9.17) is 4.74 Å². The van der Waals surface area contributed by atoms with Gasteiger partial charge in [-0.2, -0.15) is 5.10 Å². The third-order valence-electron chi connectivity index (χ3n) is 3.56. The van der Waals surface area contributed by atoms with Crippen molar-refractivity contribution in [1.82, 2.24) is 24.6 Å². The quantitative estimate of drug-likeness (QED) is 0.886. The third-order valence-corrected chi connectivity index (χ3v) is 3.56. The summed E-state index contributed by atoms with van der Waals surface area (Å²) in [5.74, 6) is 1.66. The Morgan fingerprint density at radius 2 is 2.20 bits per heavy atom.